The molecule has 1 aliphatic rings. The zero-order valence-corrected chi connectivity index (χ0v) is 20.1. The number of nitrogens with one attached hydrogen (secondary N) is 2. The van der Waals surface area contributed by atoms with E-state index in [4.69, 9.17) is 14.3 Å². The predicted molar refractivity (Wildman–Crippen MR) is 129 cm³/mol. The van der Waals surface area contributed by atoms with Crippen molar-refractivity contribution in [2.24, 2.45) is 10.9 Å². The van der Waals surface area contributed by atoms with Crippen LogP contribution in [0.25, 0.3) is 0 Å². The van der Waals surface area contributed by atoms with Crippen LogP contribution in [-0.4, -0.2) is 49.3 Å². The molecular weight excluding hydrogens is 402 g/mol. The predicted octanol–water partition coefficient (Wildman–Crippen LogP) is 3.78. The van der Waals surface area contributed by atoms with Gasteiger partial charge in [-0.15, -0.1) is 0 Å². The van der Waals surface area contributed by atoms with Crippen molar-refractivity contribution < 1.29 is 9.26 Å². The van der Waals surface area contributed by atoms with Gasteiger partial charge in [-0.1, -0.05) is 31.1 Å². The van der Waals surface area contributed by atoms with Crippen LogP contribution in [0.1, 0.15) is 56.2 Å². The zero-order chi connectivity index (χ0) is 22.8. The quantitative estimate of drug-likeness (QED) is 0.432. The van der Waals surface area contributed by atoms with E-state index >= 15 is 0 Å². The van der Waals surface area contributed by atoms with Crippen molar-refractivity contribution in [3.05, 3.63) is 46.8 Å². The normalized spacial score (nSPS) is 15.7. The Hall–Kier alpha value is -2.54. The van der Waals surface area contributed by atoms with Gasteiger partial charge in [0.2, 0.25) is 0 Å². The summed E-state index contributed by atoms with van der Waals surface area (Å²) in [5, 5.41) is 11.1. The van der Waals surface area contributed by atoms with Gasteiger partial charge in [0.1, 0.15) is 11.5 Å². The molecule has 2 aromatic rings. The average molecular weight is 442 g/mol. The molecule has 0 radical (unpaired) electrons. The van der Waals surface area contributed by atoms with Crippen LogP contribution in [0.15, 0.2) is 33.8 Å². The van der Waals surface area contributed by atoms with E-state index in [-0.39, 0.29) is 0 Å². The van der Waals surface area contributed by atoms with Gasteiger partial charge < -0.3 is 19.9 Å². The molecule has 1 aliphatic heterocycles. The Balaban J connectivity index is 1.47. The second-order valence-electron chi connectivity index (χ2n) is 8.38. The average Bonchev–Trinajstić information content (AvgIpc) is 3.24. The van der Waals surface area contributed by atoms with Crippen LogP contribution in [0, 0.1) is 5.92 Å². The smallest absolute Gasteiger partial charge is 0.191 e. The molecule has 0 amide bonds. The maximum atomic E-state index is 5.48. The van der Waals surface area contributed by atoms with Crippen LogP contribution in [0.3, 0.4) is 0 Å². The van der Waals surface area contributed by atoms with Crippen molar-refractivity contribution in [3.8, 4) is 5.75 Å². The van der Waals surface area contributed by atoms with Crippen molar-refractivity contribution >= 4 is 5.96 Å². The topological polar surface area (TPSA) is 74.9 Å². The first-order valence-corrected chi connectivity index (χ1v) is 12.0. The third-order valence-corrected chi connectivity index (χ3v) is 6.18. The summed E-state index contributed by atoms with van der Waals surface area (Å²) in [6.45, 7) is 12.0. The Labute approximate surface area is 192 Å². The number of aliphatic imine (C=N–C) groups is 1. The molecule has 0 unspecified atom stereocenters. The SMILES string of the molecule is CCNC(=NCc1c(CC)noc1CC)NCC1CCN(Cc2ccc(OC)cc2)CC1. The number of ether oxygens (including phenoxy) is 1. The third-order valence-electron chi connectivity index (χ3n) is 6.18. The lowest BCUT2D eigenvalue weighted by atomic mass is 9.96. The number of nitrogens with zero attached hydrogens (tertiary/aromatic N) is 3. The molecule has 0 spiro atoms. The van der Waals surface area contributed by atoms with Gasteiger partial charge in [0.05, 0.1) is 19.3 Å². The number of piperidine rings is 1. The number of guanidine groups is 1. The van der Waals surface area contributed by atoms with Gasteiger partial charge in [-0.3, -0.25) is 4.90 Å². The molecule has 1 saturated heterocycles. The van der Waals surface area contributed by atoms with E-state index in [1.54, 1.807) is 7.11 Å². The molecule has 0 aliphatic carbocycles. The first-order chi connectivity index (χ1) is 15.7. The van der Waals surface area contributed by atoms with Crippen LogP contribution in [0.2, 0.25) is 0 Å². The van der Waals surface area contributed by atoms with Crippen LogP contribution < -0.4 is 15.4 Å². The molecule has 0 atom stereocenters. The maximum absolute atomic E-state index is 5.48. The van der Waals surface area contributed by atoms with E-state index < -0.39 is 0 Å². The summed E-state index contributed by atoms with van der Waals surface area (Å²) in [5.41, 5.74) is 3.50. The Morgan fingerprint density at radius 2 is 1.88 bits per heavy atom. The number of methoxy groups -OCH3 is 1. The monoisotopic (exact) mass is 441 g/mol. The number of aryl methyl sites for hydroxylation is 2. The minimum atomic E-state index is 0.603. The van der Waals surface area contributed by atoms with Crippen molar-refractivity contribution in [1.82, 2.24) is 20.7 Å². The molecule has 1 aromatic carbocycles. The van der Waals surface area contributed by atoms with Crippen LogP contribution in [0.4, 0.5) is 0 Å². The summed E-state index contributed by atoms with van der Waals surface area (Å²) in [4.78, 5) is 7.36. The number of rotatable bonds is 10. The van der Waals surface area contributed by atoms with E-state index in [1.807, 2.05) is 12.1 Å². The van der Waals surface area contributed by atoms with E-state index in [9.17, 15) is 0 Å². The second-order valence-corrected chi connectivity index (χ2v) is 8.38. The summed E-state index contributed by atoms with van der Waals surface area (Å²) in [6.07, 6.45) is 4.12. The van der Waals surface area contributed by atoms with Crippen molar-refractivity contribution in [3.63, 3.8) is 0 Å². The molecular formula is C25H39N5O2. The largest absolute Gasteiger partial charge is 0.497 e. The number of aromatic nitrogens is 1. The summed E-state index contributed by atoms with van der Waals surface area (Å²) in [6, 6.07) is 8.41. The molecule has 7 nitrogen and oxygen atoms in total. The van der Waals surface area contributed by atoms with Gasteiger partial charge in [0.25, 0.3) is 0 Å². The van der Waals surface area contributed by atoms with E-state index in [1.165, 1.54) is 18.4 Å². The standard InChI is InChI=1S/C25H39N5O2/c1-5-23-22(24(6-2)32-29-23)17-28-25(26-7-3)27-16-19-12-14-30(15-13-19)18-20-8-10-21(31-4)11-9-20/h8-11,19H,5-7,12-18H2,1-4H3,(H2,26,27,28). The van der Waals surface area contributed by atoms with E-state index in [0.717, 1.165) is 74.3 Å². The highest BCUT2D eigenvalue weighted by Gasteiger charge is 2.20. The first-order valence-electron chi connectivity index (χ1n) is 12.0. The highest BCUT2D eigenvalue weighted by molar-refractivity contribution is 5.79. The Bertz CT molecular complexity index is 817. The summed E-state index contributed by atoms with van der Waals surface area (Å²) in [7, 11) is 1.71. The lowest BCUT2D eigenvalue weighted by Crippen LogP contribution is -2.42. The number of hydrogen-bond acceptors (Lipinski definition) is 5. The summed E-state index contributed by atoms with van der Waals surface area (Å²) >= 11 is 0. The minimum absolute atomic E-state index is 0.603. The van der Waals surface area contributed by atoms with Crippen LogP contribution >= 0.6 is 0 Å². The fraction of sp³-hybridized carbons (Fsp3) is 0.600. The molecule has 32 heavy (non-hydrogen) atoms. The molecule has 0 bridgehead atoms. The Morgan fingerprint density at radius 1 is 1.12 bits per heavy atom. The van der Waals surface area contributed by atoms with Gasteiger partial charge >= 0.3 is 0 Å². The number of likely N-dealkylation sites (tertiary alicyclic amines) is 1. The van der Waals surface area contributed by atoms with Gasteiger partial charge in [0, 0.05) is 31.6 Å². The molecule has 2 heterocycles. The molecule has 3 rings (SSSR count). The van der Waals surface area contributed by atoms with E-state index in [2.05, 4.69) is 53.6 Å². The van der Waals surface area contributed by atoms with Gasteiger partial charge in [0.15, 0.2) is 5.96 Å². The second kappa shape index (κ2) is 12.5. The minimum Gasteiger partial charge on any atom is -0.497 e. The highest BCUT2D eigenvalue weighted by Crippen LogP contribution is 2.20. The van der Waals surface area contributed by atoms with Gasteiger partial charge in [-0.05, 0) is 62.9 Å². The first kappa shape index (κ1) is 24.1. The van der Waals surface area contributed by atoms with Gasteiger partial charge in [-0.25, -0.2) is 4.99 Å². The van der Waals surface area contributed by atoms with Crippen LogP contribution in [-0.2, 0) is 25.9 Å². The van der Waals surface area contributed by atoms with Crippen molar-refractivity contribution in [1.29, 1.82) is 0 Å². The fourth-order valence-electron chi connectivity index (χ4n) is 4.20. The molecule has 0 saturated carbocycles. The number of hydrogen-bond donors (Lipinski definition) is 2. The Kier molecular flexibility index (Phi) is 9.41. The molecule has 176 valence electrons. The third kappa shape index (κ3) is 6.73. The molecule has 2 N–H and O–H groups in total. The summed E-state index contributed by atoms with van der Waals surface area (Å²) in [5.74, 6) is 3.40. The highest BCUT2D eigenvalue weighted by atomic mass is 16.5. The lowest BCUT2D eigenvalue weighted by molar-refractivity contribution is 0.178. The number of benzene rings is 1. The lowest BCUT2D eigenvalue weighted by Gasteiger charge is -2.32. The van der Waals surface area contributed by atoms with E-state index in [0.29, 0.717) is 12.5 Å². The summed E-state index contributed by atoms with van der Waals surface area (Å²) < 4.78 is 10.7. The molecule has 1 aromatic heterocycles. The molecule has 1 fully saturated rings. The zero-order valence-electron chi connectivity index (χ0n) is 20.1. The fourth-order valence-corrected chi connectivity index (χ4v) is 4.20. The van der Waals surface area contributed by atoms with Gasteiger partial charge in [-0.2, -0.15) is 0 Å². The Morgan fingerprint density at radius 3 is 2.50 bits per heavy atom. The van der Waals surface area contributed by atoms with Crippen molar-refractivity contribution in [2.45, 2.75) is 59.5 Å². The maximum Gasteiger partial charge on any atom is 0.191 e. The van der Waals surface area contributed by atoms with Crippen LogP contribution in [0.5, 0.6) is 5.75 Å². The van der Waals surface area contributed by atoms with Crippen molar-refractivity contribution in [2.75, 3.05) is 33.3 Å². The molecule has 7 heteroatoms.